The fraction of sp³-hybridized carbons (Fsp3) is 0.286. The number of ether oxygens (including phenoxy) is 1. The minimum absolute atomic E-state index is 0.0515. The van der Waals surface area contributed by atoms with Crippen molar-refractivity contribution in [3.8, 4) is 0 Å². The van der Waals surface area contributed by atoms with E-state index < -0.39 is 17.9 Å². The summed E-state index contributed by atoms with van der Waals surface area (Å²) in [6.07, 6.45) is 2.55. The average molecular weight is 264 g/mol. The van der Waals surface area contributed by atoms with Crippen LogP contribution in [0.5, 0.6) is 0 Å². The molecule has 102 valence electrons. The highest BCUT2D eigenvalue weighted by atomic mass is 16.5. The Morgan fingerprint density at radius 1 is 1.21 bits per heavy atom. The topological polar surface area (TPSA) is 83.8 Å². The maximum Gasteiger partial charge on any atom is 0.310 e. The molecular formula is C14H16O5. The summed E-state index contributed by atoms with van der Waals surface area (Å²) >= 11 is 0. The van der Waals surface area contributed by atoms with E-state index in [0.717, 1.165) is 5.56 Å². The van der Waals surface area contributed by atoms with Crippen LogP contribution in [0.1, 0.15) is 18.4 Å². The number of hydrogen-bond acceptors (Lipinski definition) is 3. The molecular weight excluding hydrogens is 248 g/mol. The van der Waals surface area contributed by atoms with E-state index in [2.05, 4.69) is 0 Å². The van der Waals surface area contributed by atoms with E-state index in [-0.39, 0.29) is 12.8 Å². The molecule has 0 spiro atoms. The maximum absolute atomic E-state index is 10.9. The standard InChI is InChI=1S/C14H16O5/c15-13(16)7-6-12(14(17)18)8-9-19-10-11-4-2-1-3-5-11/h1-5,8-9,12H,6-7,10H2,(H,15,16)(H,17,18). The number of rotatable bonds is 8. The normalized spacial score (nSPS) is 12.2. The van der Waals surface area contributed by atoms with E-state index in [9.17, 15) is 9.59 Å². The quantitative estimate of drug-likeness (QED) is 0.704. The lowest BCUT2D eigenvalue weighted by Crippen LogP contribution is -2.12. The lowest BCUT2D eigenvalue weighted by Gasteiger charge is -2.06. The molecule has 0 bridgehead atoms. The molecule has 0 aliphatic heterocycles. The monoisotopic (exact) mass is 264 g/mol. The molecule has 0 heterocycles. The molecule has 1 unspecified atom stereocenters. The number of carboxylic acid groups (broad SMARTS) is 2. The molecule has 5 heteroatoms. The van der Waals surface area contributed by atoms with Gasteiger partial charge in [0.1, 0.15) is 6.61 Å². The fourth-order valence-corrected chi connectivity index (χ4v) is 1.45. The molecule has 1 aromatic carbocycles. The second kappa shape index (κ2) is 7.92. The second-order valence-electron chi connectivity index (χ2n) is 4.00. The molecule has 0 saturated carbocycles. The summed E-state index contributed by atoms with van der Waals surface area (Å²) < 4.78 is 5.22. The van der Waals surface area contributed by atoms with Crippen LogP contribution >= 0.6 is 0 Å². The predicted molar refractivity (Wildman–Crippen MR) is 68.4 cm³/mol. The van der Waals surface area contributed by atoms with Crippen molar-refractivity contribution in [1.29, 1.82) is 0 Å². The van der Waals surface area contributed by atoms with Gasteiger partial charge in [0.25, 0.3) is 0 Å². The summed E-state index contributed by atoms with van der Waals surface area (Å²) in [7, 11) is 0. The highest BCUT2D eigenvalue weighted by Crippen LogP contribution is 2.09. The minimum Gasteiger partial charge on any atom is -0.497 e. The number of carbonyl (C=O) groups is 2. The van der Waals surface area contributed by atoms with Crippen LogP contribution in [0, 0.1) is 5.92 Å². The predicted octanol–water partition coefficient (Wildman–Crippen LogP) is 2.28. The molecule has 0 aromatic heterocycles. The van der Waals surface area contributed by atoms with Gasteiger partial charge in [0, 0.05) is 6.42 Å². The third-order valence-corrected chi connectivity index (χ3v) is 2.49. The Hall–Kier alpha value is -2.30. The summed E-state index contributed by atoms with van der Waals surface area (Å²) in [4.78, 5) is 21.3. The Balaban J connectivity index is 2.39. The van der Waals surface area contributed by atoms with Gasteiger partial charge in [0.2, 0.25) is 0 Å². The molecule has 1 rings (SSSR count). The van der Waals surface area contributed by atoms with Gasteiger partial charge in [-0.1, -0.05) is 30.3 Å². The second-order valence-corrected chi connectivity index (χ2v) is 4.00. The van der Waals surface area contributed by atoms with Crippen molar-refractivity contribution in [2.75, 3.05) is 0 Å². The first-order chi connectivity index (χ1) is 9.09. The van der Waals surface area contributed by atoms with E-state index >= 15 is 0 Å². The molecule has 0 radical (unpaired) electrons. The number of hydrogen-bond donors (Lipinski definition) is 2. The zero-order valence-corrected chi connectivity index (χ0v) is 10.4. The van der Waals surface area contributed by atoms with Crippen LogP contribution in [-0.4, -0.2) is 22.2 Å². The zero-order valence-electron chi connectivity index (χ0n) is 10.4. The first kappa shape index (κ1) is 14.8. The molecule has 0 aliphatic carbocycles. The van der Waals surface area contributed by atoms with Crippen molar-refractivity contribution in [3.63, 3.8) is 0 Å². The van der Waals surface area contributed by atoms with Gasteiger partial charge >= 0.3 is 11.9 Å². The van der Waals surface area contributed by atoms with Crippen LogP contribution in [0.25, 0.3) is 0 Å². The van der Waals surface area contributed by atoms with E-state index in [1.807, 2.05) is 30.3 Å². The van der Waals surface area contributed by atoms with E-state index in [0.29, 0.717) is 6.61 Å². The lowest BCUT2D eigenvalue weighted by molar-refractivity contribution is -0.141. The van der Waals surface area contributed by atoms with Gasteiger partial charge in [0.05, 0.1) is 12.2 Å². The molecule has 0 aliphatic rings. The Labute approximate surface area is 111 Å². The third kappa shape index (κ3) is 6.26. The number of carboxylic acids is 2. The van der Waals surface area contributed by atoms with Crippen molar-refractivity contribution in [1.82, 2.24) is 0 Å². The van der Waals surface area contributed by atoms with Gasteiger partial charge in [-0.2, -0.15) is 0 Å². The Bertz CT molecular complexity index is 438. The highest BCUT2D eigenvalue weighted by molar-refractivity contribution is 5.73. The molecule has 0 amide bonds. The smallest absolute Gasteiger partial charge is 0.310 e. The van der Waals surface area contributed by atoms with Crippen LogP contribution in [0.4, 0.5) is 0 Å². The van der Waals surface area contributed by atoms with Crippen LogP contribution in [0.15, 0.2) is 42.7 Å². The van der Waals surface area contributed by atoms with Gasteiger partial charge < -0.3 is 14.9 Å². The Kier molecular flexibility index (Phi) is 6.15. The van der Waals surface area contributed by atoms with Crippen LogP contribution in [0.2, 0.25) is 0 Å². The molecule has 1 atom stereocenters. The number of aliphatic carboxylic acids is 2. The molecule has 0 saturated heterocycles. The highest BCUT2D eigenvalue weighted by Gasteiger charge is 2.15. The summed E-state index contributed by atoms with van der Waals surface area (Å²) in [6, 6.07) is 9.45. The van der Waals surface area contributed by atoms with E-state index in [1.165, 1.54) is 12.3 Å². The Morgan fingerprint density at radius 2 is 1.89 bits per heavy atom. The Morgan fingerprint density at radius 3 is 2.47 bits per heavy atom. The van der Waals surface area contributed by atoms with Gasteiger partial charge in [-0.15, -0.1) is 0 Å². The SMILES string of the molecule is O=C(O)CCC(C=COCc1ccccc1)C(=O)O. The first-order valence-electron chi connectivity index (χ1n) is 5.86. The van der Waals surface area contributed by atoms with Crippen molar-refractivity contribution < 1.29 is 24.5 Å². The van der Waals surface area contributed by atoms with E-state index in [4.69, 9.17) is 14.9 Å². The average Bonchev–Trinajstić information content (AvgIpc) is 2.38. The molecule has 0 fully saturated rings. The van der Waals surface area contributed by atoms with Crippen LogP contribution < -0.4 is 0 Å². The van der Waals surface area contributed by atoms with Gasteiger partial charge in [-0.05, 0) is 18.1 Å². The van der Waals surface area contributed by atoms with Crippen molar-refractivity contribution >= 4 is 11.9 Å². The zero-order chi connectivity index (χ0) is 14.1. The number of benzene rings is 1. The maximum atomic E-state index is 10.9. The van der Waals surface area contributed by atoms with Crippen molar-refractivity contribution in [2.45, 2.75) is 19.4 Å². The lowest BCUT2D eigenvalue weighted by atomic mass is 10.0. The van der Waals surface area contributed by atoms with Crippen LogP contribution in [0.3, 0.4) is 0 Å². The van der Waals surface area contributed by atoms with Crippen molar-refractivity contribution in [2.24, 2.45) is 5.92 Å². The van der Waals surface area contributed by atoms with Gasteiger partial charge in [-0.25, -0.2) is 0 Å². The van der Waals surface area contributed by atoms with Crippen molar-refractivity contribution in [3.05, 3.63) is 48.2 Å². The van der Waals surface area contributed by atoms with Gasteiger partial charge in [-0.3, -0.25) is 9.59 Å². The molecule has 19 heavy (non-hydrogen) atoms. The van der Waals surface area contributed by atoms with E-state index in [1.54, 1.807) is 0 Å². The molecule has 5 nitrogen and oxygen atoms in total. The first-order valence-corrected chi connectivity index (χ1v) is 5.86. The molecule has 2 N–H and O–H groups in total. The minimum atomic E-state index is -1.05. The summed E-state index contributed by atoms with van der Waals surface area (Å²) in [5.41, 5.74) is 0.976. The third-order valence-electron chi connectivity index (χ3n) is 2.49. The summed E-state index contributed by atoms with van der Waals surface area (Å²) in [6.45, 7) is 0.350. The fourth-order valence-electron chi connectivity index (χ4n) is 1.45. The summed E-state index contributed by atoms with van der Waals surface area (Å²) in [5, 5.41) is 17.4. The van der Waals surface area contributed by atoms with Gasteiger partial charge in [0.15, 0.2) is 0 Å². The van der Waals surface area contributed by atoms with Crippen LogP contribution in [-0.2, 0) is 20.9 Å². The summed E-state index contributed by atoms with van der Waals surface area (Å²) in [5.74, 6) is -2.91. The largest absolute Gasteiger partial charge is 0.497 e. The molecule has 1 aromatic rings.